The molecule has 1 unspecified atom stereocenters. The summed E-state index contributed by atoms with van der Waals surface area (Å²) in [7, 11) is 0. The zero-order valence-electron chi connectivity index (χ0n) is 12.6. The van der Waals surface area contributed by atoms with Crippen molar-refractivity contribution < 1.29 is 0 Å². The van der Waals surface area contributed by atoms with Crippen molar-refractivity contribution in [1.82, 2.24) is 4.98 Å². The van der Waals surface area contributed by atoms with Gasteiger partial charge >= 0.3 is 0 Å². The second-order valence-corrected chi connectivity index (χ2v) is 6.50. The third-order valence-corrected chi connectivity index (χ3v) is 4.19. The Morgan fingerprint density at radius 2 is 1.55 bits per heavy atom. The molecule has 0 saturated heterocycles. The Hall–Kier alpha value is -1.32. The van der Waals surface area contributed by atoms with Gasteiger partial charge in [-0.15, -0.1) is 11.8 Å². The van der Waals surface area contributed by atoms with E-state index < -0.39 is 0 Å². The molecule has 1 heterocycles. The molecule has 1 aromatic heterocycles. The average molecular weight is 286 g/mol. The molecular weight excluding hydrogens is 264 g/mol. The highest BCUT2D eigenvalue weighted by molar-refractivity contribution is 7.99. The predicted molar refractivity (Wildman–Crippen MR) is 87.3 cm³/mol. The fraction of sp³-hybridized carbons (Fsp3) is 0.353. The fourth-order valence-electron chi connectivity index (χ4n) is 2.37. The number of benzene rings is 1. The van der Waals surface area contributed by atoms with Crippen LogP contribution in [-0.4, -0.2) is 10.7 Å². The Balaban J connectivity index is 2.06. The quantitative estimate of drug-likeness (QED) is 0.860. The lowest BCUT2D eigenvalue weighted by Gasteiger charge is -2.13. The normalized spacial score (nSPS) is 12.4. The van der Waals surface area contributed by atoms with Crippen LogP contribution >= 0.6 is 11.8 Å². The van der Waals surface area contributed by atoms with E-state index in [4.69, 9.17) is 5.73 Å². The molecule has 0 bridgehead atoms. The van der Waals surface area contributed by atoms with Crippen molar-refractivity contribution in [2.75, 3.05) is 5.75 Å². The number of aromatic nitrogens is 1. The van der Waals surface area contributed by atoms with Gasteiger partial charge in [0.1, 0.15) is 0 Å². The van der Waals surface area contributed by atoms with Crippen LogP contribution in [0.2, 0.25) is 0 Å². The molecule has 106 valence electrons. The van der Waals surface area contributed by atoms with Crippen molar-refractivity contribution >= 4 is 11.8 Å². The van der Waals surface area contributed by atoms with Gasteiger partial charge in [0, 0.05) is 17.5 Å². The van der Waals surface area contributed by atoms with Gasteiger partial charge in [0.25, 0.3) is 0 Å². The van der Waals surface area contributed by atoms with Gasteiger partial charge in [-0.05, 0) is 51.0 Å². The molecule has 1 aromatic carbocycles. The standard InChI is InChI=1S/C17H22N2S/c1-11-5-12(2)8-15(7-11)16(18)10-20-17-9-13(3)6-14(4)19-17/h5-9,16H,10,18H2,1-4H3. The summed E-state index contributed by atoms with van der Waals surface area (Å²) >= 11 is 1.73. The maximum Gasteiger partial charge on any atom is 0.0966 e. The van der Waals surface area contributed by atoms with E-state index >= 15 is 0 Å². The molecule has 0 spiro atoms. The van der Waals surface area contributed by atoms with Crippen LogP contribution in [-0.2, 0) is 0 Å². The smallest absolute Gasteiger partial charge is 0.0966 e. The minimum atomic E-state index is 0.0428. The number of nitrogens with zero attached hydrogens (tertiary/aromatic N) is 1. The number of aryl methyl sites for hydroxylation is 4. The van der Waals surface area contributed by atoms with E-state index in [1.54, 1.807) is 11.8 Å². The number of thioether (sulfide) groups is 1. The lowest BCUT2D eigenvalue weighted by Crippen LogP contribution is -2.13. The molecule has 2 N–H and O–H groups in total. The van der Waals surface area contributed by atoms with E-state index in [1.807, 2.05) is 6.92 Å². The number of hydrogen-bond donors (Lipinski definition) is 1. The number of nitrogens with two attached hydrogens (primary N) is 1. The Labute approximate surface area is 125 Å². The van der Waals surface area contributed by atoms with Crippen LogP contribution in [0, 0.1) is 27.7 Å². The van der Waals surface area contributed by atoms with E-state index in [0.717, 1.165) is 16.5 Å². The SMILES string of the molecule is Cc1cc(C)cc(C(N)CSc2cc(C)cc(C)n2)c1. The molecule has 0 aliphatic carbocycles. The zero-order chi connectivity index (χ0) is 14.7. The summed E-state index contributed by atoms with van der Waals surface area (Å²) in [4.78, 5) is 4.54. The van der Waals surface area contributed by atoms with Crippen molar-refractivity contribution in [3.8, 4) is 0 Å². The van der Waals surface area contributed by atoms with Gasteiger partial charge in [-0.1, -0.05) is 29.3 Å². The van der Waals surface area contributed by atoms with Gasteiger partial charge in [-0.3, -0.25) is 0 Å². The van der Waals surface area contributed by atoms with Crippen LogP contribution in [0.4, 0.5) is 0 Å². The van der Waals surface area contributed by atoms with E-state index in [1.165, 1.54) is 22.3 Å². The molecule has 20 heavy (non-hydrogen) atoms. The maximum absolute atomic E-state index is 6.31. The molecule has 1 atom stereocenters. The monoisotopic (exact) mass is 286 g/mol. The molecule has 2 aromatic rings. The largest absolute Gasteiger partial charge is 0.323 e. The highest BCUT2D eigenvalue weighted by Crippen LogP contribution is 2.24. The van der Waals surface area contributed by atoms with Crippen LogP contribution in [0.1, 0.15) is 34.0 Å². The van der Waals surface area contributed by atoms with E-state index in [-0.39, 0.29) is 6.04 Å². The third-order valence-electron chi connectivity index (χ3n) is 3.16. The van der Waals surface area contributed by atoms with E-state index in [2.05, 4.69) is 56.1 Å². The molecule has 0 fully saturated rings. The summed E-state index contributed by atoms with van der Waals surface area (Å²) < 4.78 is 0. The fourth-order valence-corrected chi connectivity index (χ4v) is 3.39. The molecule has 3 heteroatoms. The molecule has 0 aliphatic heterocycles. The molecule has 2 rings (SSSR count). The zero-order valence-corrected chi connectivity index (χ0v) is 13.4. The van der Waals surface area contributed by atoms with Crippen molar-refractivity contribution in [2.24, 2.45) is 5.73 Å². The molecule has 0 amide bonds. The van der Waals surface area contributed by atoms with Crippen molar-refractivity contribution in [1.29, 1.82) is 0 Å². The molecule has 2 nitrogen and oxygen atoms in total. The highest BCUT2D eigenvalue weighted by Gasteiger charge is 2.09. The Kier molecular flexibility index (Phi) is 4.84. The first kappa shape index (κ1) is 15.1. The number of rotatable bonds is 4. The number of hydrogen-bond acceptors (Lipinski definition) is 3. The topological polar surface area (TPSA) is 38.9 Å². The lowest BCUT2D eigenvalue weighted by molar-refractivity contribution is 0.826. The first-order chi connectivity index (χ1) is 9.44. The van der Waals surface area contributed by atoms with Crippen molar-refractivity contribution in [2.45, 2.75) is 38.8 Å². The predicted octanol–water partition coefficient (Wildman–Crippen LogP) is 4.11. The summed E-state index contributed by atoms with van der Waals surface area (Å²) in [6.45, 7) is 8.35. The minimum Gasteiger partial charge on any atom is -0.323 e. The summed E-state index contributed by atoms with van der Waals surface area (Å²) in [5.41, 5.74) is 12.4. The third kappa shape index (κ3) is 4.09. The minimum absolute atomic E-state index is 0.0428. The van der Waals surface area contributed by atoms with Crippen molar-refractivity contribution in [3.63, 3.8) is 0 Å². The van der Waals surface area contributed by atoms with Gasteiger partial charge in [0.05, 0.1) is 5.03 Å². The van der Waals surface area contributed by atoms with Gasteiger partial charge in [0.2, 0.25) is 0 Å². The summed E-state index contributed by atoms with van der Waals surface area (Å²) in [5.74, 6) is 0.846. The average Bonchev–Trinajstić information content (AvgIpc) is 2.33. The van der Waals surface area contributed by atoms with Gasteiger partial charge in [-0.2, -0.15) is 0 Å². The molecule has 0 aliphatic rings. The lowest BCUT2D eigenvalue weighted by atomic mass is 10.0. The molecule has 0 saturated carbocycles. The summed E-state index contributed by atoms with van der Waals surface area (Å²) in [5, 5.41) is 1.06. The van der Waals surface area contributed by atoms with E-state index in [0.29, 0.717) is 0 Å². The molecule has 0 radical (unpaired) electrons. The Morgan fingerprint density at radius 1 is 0.950 bits per heavy atom. The van der Waals surface area contributed by atoms with E-state index in [9.17, 15) is 0 Å². The molecular formula is C17H22N2S. The first-order valence-corrected chi connectivity index (χ1v) is 7.84. The second kappa shape index (κ2) is 6.42. The van der Waals surface area contributed by atoms with Crippen LogP contribution < -0.4 is 5.73 Å². The Bertz CT molecular complexity index is 567. The maximum atomic E-state index is 6.31. The first-order valence-electron chi connectivity index (χ1n) is 6.86. The van der Waals surface area contributed by atoms with Gasteiger partial charge < -0.3 is 5.73 Å². The van der Waals surface area contributed by atoms with Crippen LogP contribution in [0.3, 0.4) is 0 Å². The van der Waals surface area contributed by atoms with Gasteiger partial charge in [-0.25, -0.2) is 4.98 Å². The second-order valence-electron chi connectivity index (χ2n) is 5.46. The van der Waals surface area contributed by atoms with Gasteiger partial charge in [0.15, 0.2) is 0 Å². The summed E-state index contributed by atoms with van der Waals surface area (Å²) in [6.07, 6.45) is 0. The summed E-state index contributed by atoms with van der Waals surface area (Å²) in [6, 6.07) is 10.8. The van der Waals surface area contributed by atoms with Crippen LogP contribution in [0.25, 0.3) is 0 Å². The van der Waals surface area contributed by atoms with Crippen molar-refractivity contribution in [3.05, 3.63) is 58.3 Å². The van der Waals surface area contributed by atoms with Crippen LogP contribution in [0.5, 0.6) is 0 Å². The number of pyridine rings is 1. The highest BCUT2D eigenvalue weighted by atomic mass is 32.2. The Morgan fingerprint density at radius 3 is 2.15 bits per heavy atom. The van der Waals surface area contributed by atoms with Crippen LogP contribution in [0.15, 0.2) is 35.4 Å².